The molecular formula is C18H22N4O4. The molecule has 0 unspecified atom stereocenters. The first-order valence-electron chi connectivity index (χ1n) is 8.31. The molecule has 8 heteroatoms. The zero-order valence-corrected chi connectivity index (χ0v) is 14.7. The summed E-state index contributed by atoms with van der Waals surface area (Å²) in [5.41, 5.74) is 6.00. The Bertz CT molecular complexity index is 737. The highest BCUT2D eigenvalue weighted by Crippen LogP contribution is 2.14. The van der Waals surface area contributed by atoms with Crippen molar-refractivity contribution in [1.29, 1.82) is 0 Å². The minimum Gasteiger partial charge on any atom is -0.459 e. The van der Waals surface area contributed by atoms with Crippen molar-refractivity contribution >= 4 is 23.4 Å². The Morgan fingerprint density at radius 3 is 2.23 bits per heavy atom. The second-order valence-electron chi connectivity index (χ2n) is 5.38. The zero-order chi connectivity index (χ0) is 18.9. The number of carbonyl (C=O) groups is 3. The van der Waals surface area contributed by atoms with E-state index in [-0.39, 0.29) is 12.3 Å². The van der Waals surface area contributed by atoms with Crippen molar-refractivity contribution < 1.29 is 18.8 Å². The van der Waals surface area contributed by atoms with Crippen LogP contribution in [0.5, 0.6) is 0 Å². The topological polar surface area (TPSA) is 104 Å². The van der Waals surface area contributed by atoms with Crippen LogP contribution < -0.4 is 21.1 Å². The molecule has 1 aromatic carbocycles. The van der Waals surface area contributed by atoms with Gasteiger partial charge < -0.3 is 14.6 Å². The van der Waals surface area contributed by atoms with Crippen molar-refractivity contribution in [2.75, 3.05) is 24.5 Å². The predicted octanol–water partition coefficient (Wildman–Crippen LogP) is 1.32. The minimum atomic E-state index is -0.557. The molecule has 0 fully saturated rings. The van der Waals surface area contributed by atoms with Gasteiger partial charge in [0.2, 0.25) is 0 Å². The molecule has 2 rings (SSSR count). The van der Waals surface area contributed by atoms with Crippen LogP contribution in [0.2, 0.25) is 0 Å². The Morgan fingerprint density at radius 2 is 1.65 bits per heavy atom. The molecule has 0 radical (unpaired) electrons. The summed E-state index contributed by atoms with van der Waals surface area (Å²) in [7, 11) is 0. The molecule has 26 heavy (non-hydrogen) atoms. The molecule has 0 bridgehead atoms. The lowest BCUT2D eigenvalue weighted by Gasteiger charge is -2.21. The van der Waals surface area contributed by atoms with E-state index in [1.807, 2.05) is 12.1 Å². The number of hydrogen-bond donors (Lipinski definition) is 3. The van der Waals surface area contributed by atoms with Crippen LogP contribution >= 0.6 is 0 Å². The summed E-state index contributed by atoms with van der Waals surface area (Å²) < 4.78 is 4.91. The van der Waals surface area contributed by atoms with Crippen LogP contribution in [0.1, 0.15) is 34.8 Å². The van der Waals surface area contributed by atoms with E-state index in [1.54, 1.807) is 18.2 Å². The van der Waals surface area contributed by atoms with Crippen LogP contribution in [-0.2, 0) is 4.79 Å². The maximum Gasteiger partial charge on any atom is 0.287 e. The van der Waals surface area contributed by atoms with Crippen molar-refractivity contribution in [3.8, 4) is 0 Å². The molecule has 0 aliphatic heterocycles. The first-order valence-corrected chi connectivity index (χ1v) is 8.31. The number of carbonyl (C=O) groups excluding carboxylic acids is 3. The number of rotatable bonds is 7. The molecule has 0 saturated carbocycles. The van der Waals surface area contributed by atoms with E-state index in [4.69, 9.17) is 4.42 Å². The molecule has 0 aliphatic rings. The first kappa shape index (κ1) is 19.0. The predicted molar refractivity (Wildman–Crippen MR) is 96.7 cm³/mol. The molecular weight excluding hydrogens is 336 g/mol. The number of hydrazine groups is 1. The second kappa shape index (κ2) is 9.26. The summed E-state index contributed by atoms with van der Waals surface area (Å²) in [6, 6.07) is 10.1. The van der Waals surface area contributed by atoms with Gasteiger partial charge in [0.05, 0.1) is 12.8 Å². The van der Waals surface area contributed by atoms with Crippen molar-refractivity contribution in [1.82, 2.24) is 16.2 Å². The van der Waals surface area contributed by atoms with Crippen LogP contribution in [0.25, 0.3) is 0 Å². The highest BCUT2D eigenvalue weighted by atomic mass is 16.3. The SMILES string of the molecule is CCN(CC)c1ccc(C(=O)NNC(=O)CNC(=O)c2ccco2)cc1. The lowest BCUT2D eigenvalue weighted by molar-refractivity contribution is -0.120. The normalized spacial score (nSPS) is 10.1. The third-order valence-electron chi connectivity index (χ3n) is 3.73. The van der Waals surface area contributed by atoms with Crippen molar-refractivity contribution in [2.24, 2.45) is 0 Å². The third kappa shape index (κ3) is 5.10. The van der Waals surface area contributed by atoms with E-state index >= 15 is 0 Å². The van der Waals surface area contributed by atoms with Crippen molar-refractivity contribution in [3.05, 3.63) is 54.0 Å². The number of nitrogens with one attached hydrogen (secondary N) is 3. The highest BCUT2D eigenvalue weighted by Gasteiger charge is 2.12. The van der Waals surface area contributed by atoms with E-state index in [0.717, 1.165) is 18.8 Å². The summed E-state index contributed by atoms with van der Waals surface area (Å²) >= 11 is 0. The van der Waals surface area contributed by atoms with Crippen LogP contribution in [0, 0.1) is 0 Å². The van der Waals surface area contributed by atoms with Gasteiger partial charge >= 0.3 is 0 Å². The van der Waals surface area contributed by atoms with E-state index in [2.05, 4.69) is 34.9 Å². The van der Waals surface area contributed by atoms with E-state index in [1.165, 1.54) is 12.3 Å². The Labute approximate surface area is 151 Å². The second-order valence-corrected chi connectivity index (χ2v) is 5.38. The average Bonchev–Trinajstić information content (AvgIpc) is 3.20. The van der Waals surface area contributed by atoms with Crippen LogP contribution in [0.15, 0.2) is 47.1 Å². The van der Waals surface area contributed by atoms with Gasteiger partial charge in [0, 0.05) is 24.3 Å². The molecule has 138 valence electrons. The summed E-state index contributed by atoms with van der Waals surface area (Å²) in [4.78, 5) is 37.5. The number of amides is 3. The standard InChI is InChI=1S/C18H22N4O4/c1-3-22(4-2)14-9-7-13(8-10-14)17(24)21-20-16(23)12-19-18(25)15-6-5-11-26-15/h5-11H,3-4,12H2,1-2H3,(H,19,25)(H,20,23)(H,21,24). The molecule has 0 saturated heterocycles. The average molecular weight is 358 g/mol. The molecule has 3 N–H and O–H groups in total. The molecule has 1 heterocycles. The van der Waals surface area contributed by atoms with Crippen molar-refractivity contribution in [3.63, 3.8) is 0 Å². The fraction of sp³-hybridized carbons (Fsp3) is 0.278. The number of nitrogens with zero attached hydrogens (tertiary/aromatic N) is 1. The smallest absolute Gasteiger partial charge is 0.287 e. The van der Waals surface area contributed by atoms with E-state index in [0.29, 0.717) is 5.56 Å². The summed E-state index contributed by atoms with van der Waals surface area (Å²) in [5.74, 6) is -1.40. The summed E-state index contributed by atoms with van der Waals surface area (Å²) in [5, 5.41) is 2.38. The Balaban J connectivity index is 1.78. The van der Waals surface area contributed by atoms with Gasteiger partial charge in [-0.25, -0.2) is 0 Å². The van der Waals surface area contributed by atoms with Crippen molar-refractivity contribution in [2.45, 2.75) is 13.8 Å². The molecule has 8 nitrogen and oxygen atoms in total. The molecule has 3 amide bonds. The fourth-order valence-corrected chi connectivity index (χ4v) is 2.31. The molecule has 2 aromatic rings. The minimum absolute atomic E-state index is 0.107. The van der Waals surface area contributed by atoms with Gasteiger partial charge in [-0.15, -0.1) is 0 Å². The van der Waals surface area contributed by atoms with Gasteiger partial charge in [0.1, 0.15) is 0 Å². The quantitative estimate of drug-likeness (QED) is 0.648. The van der Waals surface area contributed by atoms with Crippen LogP contribution in [-0.4, -0.2) is 37.4 Å². The van der Waals surface area contributed by atoms with E-state index in [9.17, 15) is 14.4 Å². The van der Waals surface area contributed by atoms with Gasteiger partial charge in [-0.3, -0.25) is 25.2 Å². The number of anilines is 1. The zero-order valence-electron chi connectivity index (χ0n) is 14.7. The van der Waals surface area contributed by atoms with Gasteiger partial charge in [0.15, 0.2) is 5.76 Å². The Hall–Kier alpha value is -3.29. The van der Waals surface area contributed by atoms with Gasteiger partial charge in [0.25, 0.3) is 17.7 Å². The third-order valence-corrected chi connectivity index (χ3v) is 3.73. The van der Waals surface area contributed by atoms with Crippen LogP contribution in [0.3, 0.4) is 0 Å². The maximum atomic E-state index is 12.1. The Morgan fingerprint density at radius 1 is 0.962 bits per heavy atom. The lowest BCUT2D eigenvalue weighted by Crippen LogP contribution is -2.46. The van der Waals surface area contributed by atoms with Gasteiger partial charge in [-0.2, -0.15) is 0 Å². The van der Waals surface area contributed by atoms with Gasteiger partial charge in [-0.05, 0) is 50.2 Å². The molecule has 0 spiro atoms. The number of benzene rings is 1. The van der Waals surface area contributed by atoms with Crippen LogP contribution in [0.4, 0.5) is 5.69 Å². The van der Waals surface area contributed by atoms with E-state index < -0.39 is 17.7 Å². The largest absolute Gasteiger partial charge is 0.459 e. The summed E-state index contributed by atoms with van der Waals surface area (Å²) in [6.07, 6.45) is 1.36. The monoisotopic (exact) mass is 358 g/mol. The summed E-state index contributed by atoms with van der Waals surface area (Å²) in [6.45, 7) is 5.58. The lowest BCUT2D eigenvalue weighted by atomic mass is 10.2. The number of furan rings is 1. The Kier molecular flexibility index (Phi) is 6.78. The number of hydrogen-bond acceptors (Lipinski definition) is 5. The fourth-order valence-electron chi connectivity index (χ4n) is 2.31. The molecule has 0 atom stereocenters. The first-order chi connectivity index (χ1) is 12.5. The molecule has 0 aliphatic carbocycles. The highest BCUT2D eigenvalue weighted by molar-refractivity contribution is 5.97. The molecule has 1 aromatic heterocycles. The maximum absolute atomic E-state index is 12.1. The van der Waals surface area contributed by atoms with Gasteiger partial charge in [-0.1, -0.05) is 0 Å².